The summed E-state index contributed by atoms with van der Waals surface area (Å²) in [5, 5.41) is 4.76. The average molecular weight is 262 g/mol. The molecule has 19 heavy (non-hydrogen) atoms. The van der Waals surface area contributed by atoms with Crippen LogP contribution in [0.4, 0.5) is 4.79 Å². The van der Waals surface area contributed by atoms with Crippen LogP contribution in [0.2, 0.25) is 0 Å². The summed E-state index contributed by atoms with van der Waals surface area (Å²) < 4.78 is 5.59. The van der Waals surface area contributed by atoms with Crippen LogP contribution in [-0.2, 0) is 4.79 Å². The van der Waals surface area contributed by atoms with E-state index in [0.29, 0.717) is 12.5 Å². The van der Waals surface area contributed by atoms with Crippen molar-refractivity contribution in [3.8, 4) is 5.75 Å². The van der Waals surface area contributed by atoms with Gasteiger partial charge in [0.1, 0.15) is 11.8 Å². The fourth-order valence-electron chi connectivity index (χ4n) is 1.82. The zero-order valence-corrected chi connectivity index (χ0v) is 11.1. The summed E-state index contributed by atoms with van der Waals surface area (Å²) in [5.41, 5.74) is 0.750. The van der Waals surface area contributed by atoms with Crippen molar-refractivity contribution >= 4 is 11.9 Å². The Kier molecular flexibility index (Phi) is 4.04. The second kappa shape index (κ2) is 5.73. The number of hydrogen-bond acceptors (Lipinski definition) is 3. The summed E-state index contributed by atoms with van der Waals surface area (Å²) >= 11 is 0. The molecule has 0 spiro atoms. The van der Waals surface area contributed by atoms with Crippen molar-refractivity contribution in [2.24, 2.45) is 5.92 Å². The number of nitrogens with one attached hydrogen (secondary N) is 2. The summed E-state index contributed by atoms with van der Waals surface area (Å²) in [5.74, 6) is 1.06. The molecule has 1 aromatic rings. The van der Waals surface area contributed by atoms with E-state index in [2.05, 4.69) is 24.5 Å². The Labute approximate surface area is 112 Å². The molecule has 102 valence electrons. The second-order valence-electron chi connectivity index (χ2n) is 5.00. The van der Waals surface area contributed by atoms with Crippen LogP contribution in [0.15, 0.2) is 24.3 Å². The molecule has 5 nitrogen and oxygen atoms in total. The lowest BCUT2D eigenvalue weighted by Crippen LogP contribution is -2.22. The van der Waals surface area contributed by atoms with Gasteiger partial charge < -0.3 is 10.1 Å². The normalized spacial score (nSPS) is 18.4. The fourth-order valence-corrected chi connectivity index (χ4v) is 1.82. The first-order chi connectivity index (χ1) is 9.06. The Bertz CT molecular complexity index is 468. The Hall–Kier alpha value is -2.04. The van der Waals surface area contributed by atoms with E-state index in [-0.39, 0.29) is 5.91 Å². The van der Waals surface area contributed by atoms with Crippen LogP contribution >= 0.6 is 0 Å². The molecule has 0 bridgehead atoms. The van der Waals surface area contributed by atoms with Crippen molar-refractivity contribution in [3.63, 3.8) is 0 Å². The van der Waals surface area contributed by atoms with Gasteiger partial charge in [-0.1, -0.05) is 26.0 Å². The SMILES string of the molecule is CC(C)CCOc1ccc(C2NC(=O)NC2=O)cc1. The summed E-state index contributed by atoms with van der Waals surface area (Å²) in [7, 11) is 0. The second-order valence-corrected chi connectivity index (χ2v) is 5.00. The standard InChI is InChI=1S/C14H18N2O3/c1-9(2)7-8-19-11-5-3-10(4-6-11)12-13(17)16-14(18)15-12/h3-6,9,12H,7-8H2,1-2H3,(H2,15,16,17,18). The van der Waals surface area contributed by atoms with Crippen molar-refractivity contribution in [3.05, 3.63) is 29.8 Å². The molecule has 3 amide bonds. The molecule has 1 unspecified atom stereocenters. The van der Waals surface area contributed by atoms with Gasteiger partial charge in [-0.2, -0.15) is 0 Å². The molecular formula is C14H18N2O3. The van der Waals surface area contributed by atoms with Gasteiger partial charge in [-0.25, -0.2) is 4.79 Å². The lowest BCUT2D eigenvalue weighted by Gasteiger charge is -2.10. The van der Waals surface area contributed by atoms with Crippen LogP contribution in [0.5, 0.6) is 5.75 Å². The van der Waals surface area contributed by atoms with E-state index in [9.17, 15) is 9.59 Å². The smallest absolute Gasteiger partial charge is 0.322 e. The first-order valence-corrected chi connectivity index (χ1v) is 6.40. The van der Waals surface area contributed by atoms with Gasteiger partial charge in [0.05, 0.1) is 6.61 Å². The minimum absolute atomic E-state index is 0.321. The minimum Gasteiger partial charge on any atom is -0.494 e. The third kappa shape index (κ3) is 3.47. The van der Waals surface area contributed by atoms with Crippen molar-refractivity contribution < 1.29 is 14.3 Å². The molecule has 1 atom stereocenters. The maximum Gasteiger partial charge on any atom is 0.322 e. The van der Waals surface area contributed by atoms with E-state index in [1.165, 1.54) is 0 Å². The summed E-state index contributed by atoms with van der Waals surface area (Å²) in [4.78, 5) is 22.5. The number of imide groups is 1. The molecule has 2 rings (SSSR count). The predicted octanol–water partition coefficient (Wildman–Crippen LogP) is 1.99. The van der Waals surface area contributed by atoms with Crippen LogP contribution in [-0.4, -0.2) is 18.5 Å². The number of benzene rings is 1. The number of ether oxygens (including phenoxy) is 1. The van der Waals surface area contributed by atoms with Crippen molar-refractivity contribution in [1.29, 1.82) is 0 Å². The first kappa shape index (κ1) is 13.4. The number of rotatable bonds is 5. The maximum atomic E-state index is 11.5. The molecule has 1 saturated heterocycles. The minimum atomic E-state index is -0.600. The lowest BCUT2D eigenvalue weighted by atomic mass is 10.1. The van der Waals surface area contributed by atoms with Crippen LogP contribution < -0.4 is 15.4 Å². The Balaban J connectivity index is 1.95. The summed E-state index contributed by atoms with van der Waals surface area (Å²) in [6.07, 6.45) is 1.00. The van der Waals surface area contributed by atoms with Gasteiger partial charge in [-0.05, 0) is 30.0 Å². The van der Waals surface area contributed by atoms with Crippen molar-refractivity contribution in [1.82, 2.24) is 10.6 Å². The highest BCUT2D eigenvalue weighted by atomic mass is 16.5. The van der Waals surface area contributed by atoms with Crippen LogP contribution in [0.1, 0.15) is 31.9 Å². The van der Waals surface area contributed by atoms with E-state index >= 15 is 0 Å². The Morgan fingerprint density at radius 3 is 2.42 bits per heavy atom. The summed E-state index contributed by atoms with van der Waals surface area (Å²) in [6.45, 7) is 4.97. The van der Waals surface area contributed by atoms with Gasteiger partial charge in [0.25, 0.3) is 5.91 Å². The van der Waals surface area contributed by atoms with E-state index in [0.717, 1.165) is 17.7 Å². The molecule has 2 N–H and O–H groups in total. The van der Waals surface area contributed by atoms with Crippen molar-refractivity contribution in [2.75, 3.05) is 6.61 Å². The van der Waals surface area contributed by atoms with Gasteiger partial charge >= 0.3 is 6.03 Å². The number of hydrogen-bond donors (Lipinski definition) is 2. The van der Waals surface area contributed by atoms with Gasteiger partial charge in [0.2, 0.25) is 0 Å². The van der Waals surface area contributed by atoms with Gasteiger partial charge in [-0.15, -0.1) is 0 Å². The zero-order chi connectivity index (χ0) is 13.8. The molecule has 1 fully saturated rings. The number of amides is 3. The number of urea groups is 1. The van der Waals surface area contributed by atoms with E-state index in [1.54, 1.807) is 12.1 Å². The highest BCUT2D eigenvalue weighted by Gasteiger charge is 2.30. The molecule has 1 heterocycles. The van der Waals surface area contributed by atoms with E-state index < -0.39 is 12.1 Å². The molecule has 1 aliphatic rings. The Morgan fingerprint density at radius 2 is 1.89 bits per heavy atom. The largest absolute Gasteiger partial charge is 0.494 e. The predicted molar refractivity (Wildman–Crippen MR) is 70.8 cm³/mol. The molecule has 0 aliphatic carbocycles. The topological polar surface area (TPSA) is 67.4 Å². The highest BCUT2D eigenvalue weighted by Crippen LogP contribution is 2.20. The number of carbonyl (C=O) groups excluding carboxylic acids is 2. The van der Waals surface area contributed by atoms with Crippen LogP contribution in [0.3, 0.4) is 0 Å². The number of carbonyl (C=O) groups is 2. The molecule has 1 aromatic carbocycles. The van der Waals surface area contributed by atoms with Crippen LogP contribution in [0.25, 0.3) is 0 Å². The third-order valence-electron chi connectivity index (χ3n) is 2.95. The fraction of sp³-hybridized carbons (Fsp3) is 0.429. The Morgan fingerprint density at radius 1 is 1.21 bits per heavy atom. The molecule has 5 heteroatoms. The van der Waals surface area contributed by atoms with Gasteiger partial charge in [0.15, 0.2) is 0 Å². The molecule has 0 aromatic heterocycles. The quantitative estimate of drug-likeness (QED) is 0.797. The average Bonchev–Trinajstić information content (AvgIpc) is 2.69. The van der Waals surface area contributed by atoms with Gasteiger partial charge in [0, 0.05) is 0 Å². The highest BCUT2D eigenvalue weighted by molar-refractivity contribution is 6.04. The molecule has 0 radical (unpaired) electrons. The van der Waals surface area contributed by atoms with Gasteiger partial charge in [-0.3, -0.25) is 10.1 Å². The molecule has 1 aliphatic heterocycles. The van der Waals surface area contributed by atoms with E-state index in [1.807, 2.05) is 12.1 Å². The third-order valence-corrected chi connectivity index (χ3v) is 2.95. The lowest BCUT2D eigenvalue weighted by molar-refractivity contribution is -0.120. The monoisotopic (exact) mass is 262 g/mol. The maximum absolute atomic E-state index is 11.5. The van der Waals surface area contributed by atoms with Crippen LogP contribution in [0, 0.1) is 5.92 Å². The molecular weight excluding hydrogens is 244 g/mol. The van der Waals surface area contributed by atoms with Crippen molar-refractivity contribution in [2.45, 2.75) is 26.3 Å². The first-order valence-electron chi connectivity index (χ1n) is 6.40. The van der Waals surface area contributed by atoms with E-state index in [4.69, 9.17) is 4.74 Å². The molecule has 0 saturated carbocycles. The summed E-state index contributed by atoms with van der Waals surface area (Å²) in [6, 6.07) is 6.16. The zero-order valence-electron chi connectivity index (χ0n) is 11.1.